The van der Waals surface area contributed by atoms with E-state index in [0.717, 1.165) is 10.2 Å². The summed E-state index contributed by atoms with van der Waals surface area (Å²) in [5.41, 5.74) is 0.867. The molecule has 0 radical (unpaired) electrons. The number of amides is 1. The van der Waals surface area contributed by atoms with E-state index in [1.165, 1.54) is 34.9 Å². The molecule has 3 aromatic rings. The van der Waals surface area contributed by atoms with Crippen LogP contribution in [0.15, 0.2) is 46.3 Å². The first-order valence-corrected chi connectivity index (χ1v) is 13.1. The number of thiazole rings is 1. The lowest BCUT2D eigenvalue weighted by molar-refractivity contribution is -0.121. The molecular weight excluding hydrogens is 478 g/mol. The van der Waals surface area contributed by atoms with Crippen molar-refractivity contribution in [3.8, 4) is 17.2 Å². The Morgan fingerprint density at radius 2 is 1.76 bits per heavy atom. The fourth-order valence-corrected chi connectivity index (χ4v) is 6.87. The average molecular weight is 506 g/mol. The molecule has 1 amide bonds. The Hall–Kier alpha value is -2.89. The smallest absolute Gasteiger partial charge is 0.266 e. The third kappa shape index (κ3) is 4.30. The Morgan fingerprint density at radius 1 is 1.09 bits per heavy atom. The second-order valence-electron chi connectivity index (χ2n) is 7.70. The molecule has 1 atom stereocenters. The molecule has 11 heteroatoms. The van der Waals surface area contributed by atoms with E-state index >= 15 is 0 Å². The third-order valence-electron chi connectivity index (χ3n) is 5.86. The molecule has 1 aliphatic rings. The molecule has 0 aliphatic carbocycles. The van der Waals surface area contributed by atoms with Crippen LogP contribution in [0, 0.1) is 0 Å². The zero-order valence-electron chi connectivity index (χ0n) is 19.5. The van der Waals surface area contributed by atoms with Crippen LogP contribution in [0.4, 0.5) is 0 Å². The molecule has 0 N–H and O–H groups in total. The van der Waals surface area contributed by atoms with Crippen LogP contribution >= 0.6 is 11.3 Å². The molecule has 1 aliphatic heterocycles. The molecule has 4 rings (SSSR count). The number of hydrogen-bond acceptors (Lipinski definition) is 7. The van der Waals surface area contributed by atoms with Gasteiger partial charge in [0.25, 0.3) is 5.91 Å². The van der Waals surface area contributed by atoms with Crippen molar-refractivity contribution in [2.75, 3.05) is 27.9 Å². The minimum atomic E-state index is -3.85. The van der Waals surface area contributed by atoms with E-state index < -0.39 is 22.0 Å². The van der Waals surface area contributed by atoms with Crippen LogP contribution in [0.2, 0.25) is 0 Å². The number of hydrogen-bond donors (Lipinski definition) is 0. The van der Waals surface area contributed by atoms with Crippen LogP contribution in [0.1, 0.15) is 19.8 Å². The van der Waals surface area contributed by atoms with Crippen molar-refractivity contribution in [3.05, 3.63) is 41.2 Å². The topological polar surface area (TPSA) is 99.4 Å². The molecule has 1 fully saturated rings. The number of benzene rings is 2. The molecule has 1 aromatic heterocycles. The predicted molar refractivity (Wildman–Crippen MR) is 129 cm³/mol. The van der Waals surface area contributed by atoms with Crippen molar-refractivity contribution in [2.24, 2.45) is 4.99 Å². The lowest BCUT2D eigenvalue weighted by Gasteiger charge is -2.21. The first kappa shape index (κ1) is 24.2. The SMILES string of the molecule is CCn1c(=NC(=O)C2CCCN2S(=O)(=O)c2ccc(OC)cc2)sc2cc(OC)c(OC)cc21. The van der Waals surface area contributed by atoms with Crippen LogP contribution in [-0.4, -0.2) is 57.1 Å². The normalized spacial score (nSPS) is 17.3. The highest BCUT2D eigenvalue weighted by atomic mass is 32.2. The van der Waals surface area contributed by atoms with Gasteiger partial charge in [0.05, 0.1) is 36.4 Å². The number of aryl methyl sites for hydroxylation is 1. The Labute approximate surface area is 202 Å². The van der Waals surface area contributed by atoms with Gasteiger partial charge in [-0.3, -0.25) is 4.79 Å². The van der Waals surface area contributed by atoms with Crippen molar-refractivity contribution in [3.63, 3.8) is 0 Å². The van der Waals surface area contributed by atoms with Crippen LogP contribution < -0.4 is 19.0 Å². The monoisotopic (exact) mass is 505 g/mol. The summed E-state index contributed by atoms with van der Waals surface area (Å²) in [5.74, 6) is 1.26. The maximum Gasteiger partial charge on any atom is 0.266 e. The summed E-state index contributed by atoms with van der Waals surface area (Å²) in [5, 5.41) is 0. The summed E-state index contributed by atoms with van der Waals surface area (Å²) >= 11 is 1.35. The van der Waals surface area contributed by atoms with E-state index in [1.807, 2.05) is 23.6 Å². The van der Waals surface area contributed by atoms with Crippen molar-refractivity contribution in [1.82, 2.24) is 8.87 Å². The Bertz CT molecular complexity index is 1380. The minimum absolute atomic E-state index is 0.123. The zero-order valence-corrected chi connectivity index (χ0v) is 21.1. The summed E-state index contributed by atoms with van der Waals surface area (Å²) < 4.78 is 46.5. The Kier molecular flexibility index (Phi) is 6.96. The van der Waals surface area contributed by atoms with Crippen molar-refractivity contribution in [1.29, 1.82) is 0 Å². The van der Waals surface area contributed by atoms with Gasteiger partial charge in [-0.15, -0.1) is 0 Å². The van der Waals surface area contributed by atoms with Gasteiger partial charge in [0.15, 0.2) is 16.3 Å². The fraction of sp³-hybridized carbons (Fsp3) is 0.391. The Morgan fingerprint density at radius 3 is 2.38 bits per heavy atom. The molecule has 0 saturated carbocycles. The number of nitrogens with zero attached hydrogens (tertiary/aromatic N) is 3. The highest BCUT2D eigenvalue weighted by Crippen LogP contribution is 2.33. The van der Waals surface area contributed by atoms with Crippen LogP contribution in [0.5, 0.6) is 17.2 Å². The van der Waals surface area contributed by atoms with Crippen molar-refractivity contribution in [2.45, 2.75) is 37.2 Å². The van der Waals surface area contributed by atoms with Crippen LogP contribution in [0.3, 0.4) is 0 Å². The summed E-state index contributed by atoms with van der Waals surface area (Å²) in [7, 11) is 0.805. The van der Waals surface area contributed by atoms with E-state index in [1.54, 1.807) is 26.4 Å². The summed E-state index contributed by atoms with van der Waals surface area (Å²) in [6.07, 6.45) is 1.02. The standard InChI is InChI=1S/C23H27N3O6S2/c1-5-25-18-13-19(31-3)20(32-4)14-21(18)33-23(25)24-22(27)17-7-6-12-26(17)34(28,29)16-10-8-15(30-2)9-11-16/h8-11,13-14,17H,5-7,12H2,1-4H3. The third-order valence-corrected chi connectivity index (χ3v) is 8.83. The highest BCUT2D eigenvalue weighted by Gasteiger charge is 2.39. The lowest BCUT2D eigenvalue weighted by Crippen LogP contribution is -2.40. The largest absolute Gasteiger partial charge is 0.497 e. The van der Waals surface area contributed by atoms with E-state index in [9.17, 15) is 13.2 Å². The number of aromatic nitrogens is 1. The van der Waals surface area contributed by atoms with E-state index in [0.29, 0.717) is 41.4 Å². The number of fused-ring (bicyclic) bond motifs is 1. The summed E-state index contributed by atoms with van der Waals surface area (Å²) in [6.45, 7) is 2.82. The van der Waals surface area contributed by atoms with Crippen molar-refractivity contribution >= 4 is 37.5 Å². The fourth-order valence-electron chi connectivity index (χ4n) is 4.11. The van der Waals surface area contributed by atoms with Gasteiger partial charge in [0.1, 0.15) is 11.8 Å². The second kappa shape index (κ2) is 9.77. The zero-order chi connectivity index (χ0) is 24.5. The molecule has 1 unspecified atom stereocenters. The predicted octanol–water partition coefficient (Wildman–Crippen LogP) is 3.03. The molecule has 0 bridgehead atoms. The molecule has 2 heterocycles. The maximum absolute atomic E-state index is 13.3. The molecule has 0 spiro atoms. The number of sulfonamides is 1. The van der Waals surface area contributed by atoms with Crippen LogP contribution in [-0.2, 0) is 21.4 Å². The highest BCUT2D eigenvalue weighted by molar-refractivity contribution is 7.89. The average Bonchev–Trinajstić information content (AvgIpc) is 3.48. The van der Waals surface area contributed by atoms with E-state index in [2.05, 4.69) is 4.99 Å². The molecule has 182 valence electrons. The van der Waals surface area contributed by atoms with Gasteiger partial charge in [0, 0.05) is 25.2 Å². The molecule has 9 nitrogen and oxygen atoms in total. The first-order valence-electron chi connectivity index (χ1n) is 10.8. The van der Waals surface area contributed by atoms with Gasteiger partial charge in [-0.2, -0.15) is 9.30 Å². The molecule has 1 saturated heterocycles. The van der Waals surface area contributed by atoms with E-state index in [-0.39, 0.29) is 11.4 Å². The Balaban J connectivity index is 1.71. The molecular formula is C23H27N3O6S2. The number of ether oxygens (including phenoxy) is 3. The number of rotatable bonds is 7. The van der Waals surface area contributed by atoms with Gasteiger partial charge in [0.2, 0.25) is 10.0 Å². The second-order valence-corrected chi connectivity index (χ2v) is 10.6. The number of methoxy groups -OCH3 is 3. The number of carbonyl (C=O) groups is 1. The summed E-state index contributed by atoms with van der Waals surface area (Å²) in [6, 6.07) is 9.03. The maximum atomic E-state index is 13.3. The number of carbonyl (C=O) groups excluding carboxylic acids is 1. The first-order chi connectivity index (χ1) is 16.3. The van der Waals surface area contributed by atoms with Crippen molar-refractivity contribution < 1.29 is 27.4 Å². The van der Waals surface area contributed by atoms with Gasteiger partial charge in [-0.05, 0) is 44.0 Å². The van der Waals surface area contributed by atoms with Gasteiger partial charge in [-0.1, -0.05) is 11.3 Å². The summed E-state index contributed by atoms with van der Waals surface area (Å²) in [4.78, 5) is 18.3. The quantitative estimate of drug-likeness (QED) is 0.489. The lowest BCUT2D eigenvalue weighted by atomic mass is 10.2. The van der Waals surface area contributed by atoms with Gasteiger partial charge < -0.3 is 18.8 Å². The van der Waals surface area contributed by atoms with E-state index in [4.69, 9.17) is 14.2 Å². The van der Waals surface area contributed by atoms with Gasteiger partial charge in [-0.25, -0.2) is 8.42 Å². The molecule has 34 heavy (non-hydrogen) atoms. The van der Waals surface area contributed by atoms with Crippen LogP contribution in [0.25, 0.3) is 10.2 Å². The minimum Gasteiger partial charge on any atom is -0.497 e. The molecule has 2 aromatic carbocycles. The van der Waals surface area contributed by atoms with Gasteiger partial charge >= 0.3 is 0 Å².